The van der Waals surface area contributed by atoms with Crippen molar-refractivity contribution in [2.24, 2.45) is 0 Å². The molecule has 0 aromatic carbocycles. The van der Waals surface area contributed by atoms with Gasteiger partial charge >= 0.3 is 78.2 Å². The van der Waals surface area contributed by atoms with Crippen LogP contribution in [0.3, 0.4) is 0 Å². The van der Waals surface area contributed by atoms with E-state index in [9.17, 15) is 0 Å². The summed E-state index contributed by atoms with van der Waals surface area (Å²) in [6, 6.07) is 0. The van der Waals surface area contributed by atoms with E-state index in [1.165, 1.54) is 3.90 Å². The number of hydrogen-bond donors (Lipinski definition) is 0. The molecule has 7 heavy (non-hydrogen) atoms. The van der Waals surface area contributed by atoms with Crippen LogP contribution in [0.15, 0.2) is 0 Å². The average molecular weight is 605 g/mol. The Morgan fingerprint density at radius 2 is 1.71 bits per heavy atom. The summed E-state index contributed by atoms with van der Waals surface area (Å²) >= 11 is 4.24. The molecule has 0 N–H and O–H groups in total. The molecule has 40 valence electrons. The molecule has 0 aromatic rings. The van der Waals surface area contributed by atoms with Crippen molar-refractivity contribution >= 4 is 13.2 Å². The normalized spacial score (nSPS) is 5.29. The first-order valence-corrected chi connectivity index (χ1v) is 6.32. The molecule has 0 aromatic heterocycles. The van der Waals surface area contributed by atoms with E-state index in [1.807, 2.05) is 0 Å². The van der Waals surface area contributed by atoms with Crippen molar-refractivity contribution in [2.45, 2.75) is 6.92 Å². The summed E-state index contributed by atoms with van der Waals surface area (Å²) in [6.45, 7) is 2.14. The SMILES string of the molecule is C[C](=[W])[CH]=[W].[CH-]=[W]. The Labute approximate surface area is 77.3 Å². The third-order valence-corrected chi connectivity index (χ3v) is 4.19. The standard InChI is InChI=1S/C3H4.CH.3W/c1-3-2;;;;/h1H,2H3;1H;;;/q;-1;;;. The van der Waals surface area contributed by atoms with Crippen LogP contribution in [-0.2, 0) is 58.1 Å². The van der Waals surface area contributed by atoms with E-state index >= 15 is 0 Å². The Balaban J connectivity index is 0. The first-order chi connectivity index (χ1) is 3.27. The Bertz CT molecular complexity index is 67.3. The Hall–Kier alpha value is 1.67. The third kappa shape index (κ3) is 18.3. The first kappa shape index (κ1) is 11.5. The molecule has 0 radical (unpaired) electrons. The van der Waals surface area contributed by atoms with Crippen molar-refractivity contribution < 1.29 is 58.1 Å². The summed E-state index contributed by atoms with van der Waals surface area (Å²) < 4.78 is 3.70. The van der Waals surface area contributed by atoms with Gasteiger partial charge in [-0.2, -0.15) is 0 Å². The molecular formula is C4H5W3-. The van der Waals surface area contributed by atoms with E-state index in [2.05, 4.69) is 16.2 Å². The van der Waals surface area contributed by atoms with Crippen molar-refractivity contribution in [2.75, 3.05) is 0 Å². The van der Waals surface area contributed by atoms with Gasteiger partial charge < -0.3 is 0 Å². The third-order valence-electron chi connectivity index (χ3n) is 0.166. The van der Waals surface area contributed by atoms with Crippen LogP contribution in [0.25, 0.3) is 0 Å². The molecule has 0 rings (SSSR count). The molecule has 0 atom stereocenters. The zero-order valence-electron chi connectivity index (χ0n) is 3.88. The summed E-state index contributed by atoms with van der Waals surface area (Å²) in [6.07, 6.45) is 0. The molecule has 0 heterocycles. The molecular weight excluding hydrogens is 600 g/mol. The second-order valence-electron chi connectivity index (χ2n) is 0.729. The second-order valence-corrected chi connectivity index (χ2v) is 3.89. The van der Waals surface area contributed by atoms with Crippen LogP contribution in [0, 0.1) is 0 Å². The van der Waals surface area contributed by atoms with Crippen molar-refractivity contribution in [3.8, 4) is 0 Å². The predicted molar refractivity (Wildman–Crippen MR) is 22.8 cm³/mol. The van der Waals surface area contributed by atoms with E-state index in [0.717, 1.165) is 19.4 Å². The quantitative estimate of drug-likeness (QED) is 0.368. The fourth-order valence-corrected chi connectivity index (χ4v) is 0. The van der Waals surface area contributed by atoms with Crippen LogP contribution in [0.2, 0.25) is 0 Å². The molecule has 0 nitrogen and oxygen atoms in total. The maximum absolute atomic E-state index is 4.58. The zero-order chi connectivity index (χ0) is 6.28. The second kappa shape index (κ2) is 10.6. The van der Waals surface area contributed by atoms with Gasteiger partial charge in [-0.25, -0.2) is 0 Å². The van der Waals surface area contributed by atoms with Gasteiger partial charge in [-0.15, -0.1) is 0 Å². The van der Waals surface area contributed by atoms with Crippen molar-refractivity contribution in [1.82, 2.24) is 0 Å². The zero-order valence-corrected chi connectivity index (χ0v) is 12.7. The Morgan fingerprint density at radius 1 is 1.57 bits per heavy atom. The van der Waals surface area contributed by atoms with Gasteiger partial charge in [0.1, 0.15) is 0 Å². The van der Waals surface area contributed by atoms with Gasteiger partial charge in [-0.1, -0.05) is 0 Å². The molecule has 0 saturated carbocycles. The molecule has 0 spiro atoms. The van der Waals surface area contributed by atoms with Crippen LogP contribution in [-0.4, -0.2) is 13.2 Å². The van der Waals surface area contributed by atoms with Crippen LogP contribution < -0.4 is 0 Å². The minimum absolute atomic E-state index is 1.08. The van der Waals surface area contributed by atoms with Gasteiger partial charge in [-0.3, -0.25) is 0 Å². The molecule has 0 bridgehead atoms. The summed E-state index contributed by atoms with van der Waals surface area (Å²) in [4.78, 5) is 4.58. The van der Waals surface area contributed by atoms with Gasteiger partial charge in [0.25, 0.3) is 0 Å². The summed E-state index contributed by atoms with van der Waals surface area (Å²) in [5, 5.41) is 0. The predicted octanol–water partition coefficient (Wildman–Crippen LogP) is -0.0833. The molecule has 0 amide bonds. The van der Waals surface area contributed by atoms with E-state index in [4.69, 9.17) is 0 Å². The van der Waals surface area contributed by atoms with Crippen molar-refractivity contribution in [1.29, 1.82) is 0 Å². The average Bonchev–Trinajstić information content (AvgIpc) is 1.73. The molecule has 0 fully saturated rings. The van der Waals surface area contributed by atoms with Gasteiger partial charge in [0, 0.05) is 0 Å². The summed E-state index contributed by atoms with van der Waals surface area (Å²) in [7, 11) is 0. The maximum atomic E-state index is 4.58. The van der Waals surface area contributed by atoms with Crippen LogP contribution >= 0.6 is 0 Å². The molecule has 0 aliphatic rings. The van der Waals surface area contributed by atoms with Gasteiger partial charge in [-0.05, 0) is 0 Å². The van der Waals surface area contributed by atoms with Crippen LogP contribution in [0.4, 0.5) is 0 Å². The monoisotopic (exact) mass is 605 g/mol. The van der Waals surface area contributed by atoms with Gasteiger partial charge in [0.15, 0.2) is 0 Å². The molecule has 0 aliphatic heterocycles. The van der Waals surface area contributed by atoms with Crippen LogP contribution in [0.1, 0.15) is 6.92 Å². The Kier molecular flexibility index (Phi) is 17.4. The molecule has 0 unspecified atom stereocenters. The van der Waals surface area contributed by atoms with Gasteiger partial charge in [0.05, 0.1) is 0 Å². The van der Waals surface area contributed by atoms with Crippen LogP contribution in [0.5, 0.6) is 0 Å². The van der Waals surface area contributed by atoms with Gasteiger partial charge in [0.2, 0.25) is 0 Å². The first-order valence-electron chi connectivity index (χ1n) is 1.46. The van der Waals surface area contributed by atoms with E-state index in [1.54, 1.807) is 38.7 Å². The van der Waals surface area contributed by atoms with E-state index in [-0.39, 0.29) is 0 Å². The number of rotatable bonds is 1. The fraction of sp³-hybridized carbons (Fsp3) is 0.250. The van der Waals surface area contributed by atoms with E-state index in [0.29, 0.717) is 0 Å². The topological polar surface area (TPSA) is 0 Å². The molecule has 0 aliphatic carbocycles. The molecule has 0 saturated heterocycles. The summed E-state index contributed by atoms with van der Waals surface area (Å²) in [5.74, 6) is 0. The minimum atomic E-state index is 1.08. The fourth-order valence-electron chi connectivity index (χ4n) is 0. The van der Waals surface area contributed by atoms with E-state index < -0.39 is 0 Å². The van der Waals surface area contributed by atoms with Crippen molar-refractivity contribution in [3.63, 3.8) is 0 Å². The Morgan fingerprint density at radius 3 is 1.71 bits per heavy atom. The number of hydrogen-bond acceptors (Lipinski definition) is 0. The summed E-state index contributed by atoms with van der Waals surface area (Å²) in [5.41, 5.74) is 0. The molecule has 3 heteroatoms. The van der Waals surface area contributed by atoms with Crippen molar-refractivity contribution in [3.05, 3.63) is 0 Å².